The average molecular weight is 403 g/mol. The van der Waals surface area contributed by atoms with Gasteiger partial charge in [-0.2, -0.15) is 4.98 Å². The number of hydrogen-bond donors (Lipinski definition) is 3. The van der Waals surface area contributed by atoms with Crippen molar-refractivity contribution in [2.45, 2.75) is 18.8 Å². The third kappa shape index (κ3) is 4.21. The Labute approximate surface area is 173 Å². The quantitative estimate of drug-likeness (QED) is 0.434. The molecule has 3 heterocycles. The fourth-order valence-corrected chi connectivity index (χ4v) is 4.44. The van der Waals surface area contributed by atoms with E-state index in [0.717, 1.165) is 40.5 Å². The van der Waals surface area contributed by atoms with E-state index in [-0.39, 0.29) is 0 Å². The minimum absolute atomic E-state index is 0.580. The van der Waals surface area contributed by atoms with Crippen LogP contribution in [0.5, 0.6) is 0 Å². The molecule has 1 aliphatic heterocycles. The highest BCUT2D eigenvalue weighted by Gasteiger charge is 2.15. The Hall–Kier alpha value is -3.03. The monoisotopic (exact) mass is 402 g/mol. The molecule has 0 atom stereocenters. The van der Waals surface area contributed by atoms with Gasteiger partial charge in [0.15, 0.2) is 0 Å². The molecule has 1 aliphatic rings. The molecule has 1 saturated heterocycles. The number of nitrogens with one attached hydrogen (secondary N) is 3. The van der Waals surface area contributed by atoms with Crippen LogP contribution < -0.4 is 16.0 Å². The van der Waals surface area contributed by atoms with Crippen LogP contribution in [0.1, 0.15) is 24.3 Å². The van der Waals surface area contributed by atoms with Crippen molar-refractivity contribution >= 4 is 44.7 Å². The van der Waals surface area contributed by atoms with E-state index in [0.29, 0.717) is 11.9 Å². The summed E-state index contributed by atoms with van der Waals surface area (Å²) in [6.45, 7) is 2.18. The summed E-state index contributed by atoms with van der Waals surface area (Å²) in [6, 6.07) is 16.6. The maximum absolute atomic E-state index is 4.62. The summed E-state index contributed by atoms with van der Waals surface area (Å²) in [7, 11) is 0. The zero-order valence-corrected chi connectivity index (χ0v) is 16.7. The van der Waals surface area contributed by atoms with Gasteiger partial charge < -0.3 is 16.0 Å². The summed E-state index contributed by atoms with van der Waals surface area (Å²) in [5.41, 5.74) is 6.26. The largest absolute Gasteiger partial charge is 0.340 e. The normalized spacial score (nSPS) is 14.8. The lowest BCUT2D eigenvalue weighted by Gasteiger charge is -2.23. The van der Waals surface area contributed by atoms with E-state index in [1.807, 2.05) is 23.7 Å². The molecule has 0 saturated carbocycles. The first-order valence-electron chi connectivity index (χ1n) is 9.84. The van der Waals surface area contributed by atoms with Gasteiger partial charge in [0.05, 0.1) is 15.7 Å². The van der Waals surface area contributed by atoms with Gasteiger partial charge in [0.1, 0.15) is 5.82 Å². The second kappa shape index (κ2) is 8.14. The average Bonchev–Trinajstić information content (AvgIpc) is 3.23. The molecule has 4 aromatic rings. The van der Waals surface area contributed by atoms with Gasteiger partial charge >= 0.3 is 0 Å². The first-order chi connectivity index (χ1) is 14.3. The van der Waals surface area contributed by atoms with Crippen molar-refractivity contribution in [1.82, 2.24) is 20.3 Å². The van der Waals surface area contributed by atoms with Gasteiger partial charge in [-0.25, -0.2) is 9.97 Å². The number of piperidine rings is 1. The van der Waals surface area contributed by atoms with Gasteiger partial charge in [-0.05, 0) is 73.8 Å². The van der Waals surface area contributed by atoms with Crippen molar-refractivity contribution in [2.75, 3.05) is 23.7 Å². The summed E-state index contributed by atoms with van der Waals surface area (Å²) < 4.78 is 1.15. The van der Waals surface area contributed by atoms with Crippen LogP contribution in [0, 0.1) is 0 Å². The highest BCUT2D eigenvalue weighted by atomic mass is 32.1. The molecule has 5 rings (SSSR count). The van der Waals surface area contributed by atoms with Crippen molar-refractivity contribution in [3.8, 4) is 0 Å². The highest BCUT2D eigenvalue weighted by Crippen LogP contribution is 2.28. The number of hydrogen-bond acceptors (Lipinski definition) is 7. The number of benzene rings is 2. The van der Waals surface area contributed by atoms with Crippen LogP contribution in [-0.2, 0) is 0 Å². The SMILES string of the molecule is c1cc(Nc2nccc(Nc3ccc4ncsc4c3)n2)cc(C2CCNCC2)c1. The van der Waals surface area contributed by atoms with Gasteiger partial charge in [0, 0.05) is 17.6 Å². The summed E-state index contributed by atoms with van der Waals surface area (Å²) in [5.74, 6) is 1.95. The molecule has 0 amide bonds. The molecular formula is C22H22N6S. The lowest BCUT2D eigenvalue weighted by atomic mass is 9.90. The molecule has 29 heavy (non-hydrogen) atoms. The molecule has 3 N–H and O–H groups in total. The van der Waals surface area contributed by atoms with Crippen LogP contribution in [0.2, 0.25) is 0 Å². The van der Waals surface area contributed by atoms with Crippen LogP contribution in [0.3, 0.4) is 0 Å². The number of nitrogens with zero attached hydrogens (tertiary/aromatic N) is 3. The second-order valence-corrected chi connectivity index (χ2v) is 8.09. The molecule has 7 heteroatoms. The van der Waals surface area contributed by atoms with E-state index < -0.39 is 0 Å². The minimum atomic E-state index is 0.580. The predicted molar refractivity (Wildman–Crippen MR) is 120 cm³/mol. The third-order valence-electron chi connectivity index (χ3n) is 5.21. The van der Waals surface area contributed by atoms with Crippen LogP contribution >= 0.6 is 11.3 Å². The van der Waals surface area contributed by atoms with Crippen LogP contribution in [0.25, 0.3) is 10.2 Å². The first kappa shape index (κ1) is 18.0. The van der Waals surface area contributed by atoms with Crippen molar-refractivity contribution < 1.29 is 0 Å². The van der Waals surface area contributed by atoms with Crippen LogP contribution in [0.15, 0.2) is 60.2 Å². The van der Waals surface area contributed by atoms with E-state index in [4.69, 9.17) is 0 Å². The van der Waals surface area contributed by atoms with Crippen molar-refractivity contribution in [3.63, 3.8) is 0 Å². The van der Waals surface area contributed by atoms with E-state index in [1.165, 1.54) is 18.4 Å². The summed E-state index contributed by atoms with van der Waals surface area (Å²) in [4.78, 5) is 13.3. The molecule has 2 aromatic heterocycles. The molecular weight excluding hydrogens is 380 g/mol. The lowest BCUT2D eigenvalue weighted by molar-refractivity contribution is 0.460. The fourth-order valence-electron chi connectivity index (χ4n) is 3.72. The number of thiazole rings is 1. The molecule has 6 nitrogen and oxygen atoms in total. The molecule has 0 radical (unpaired) electrons. The van der Waals surface area contributed by atoms with Crippen LogP contribution in [0.4, 0.5) is 23.1 Å². The summed E-state index contributed by atoms with van der Waals surface area (Å²) in [6.07, 6.45) is 4.13. The highest BCUT2D eigenvalue weighted by molar-refractivity contribution is 7.16. The molecule has 0 bridgehead atoms. The summed E-state index contributed by atoms with van der Waals surface area (Å²) >= 11 is 1.63. The minimum Gasteiger partial charge on any atom is -0.340 e. The number of rotatable bonds is 5. The molecule has 0 aliphatic carbocycles. The van der Waals surface area contributed by atoms with E-state index in [1.54, 1.807) is 17.5 Å². The molecule has 146 valence electrons. The van der Waals surface area contributed by atoms with Crippen molar-refractivity contribution in [3.05, 3.63) is 65.8 Å². The van der Waals surface area contributed by atoms with Crippen molar-refractivity contribution in [2.24, 2.45) is 0 Å². The molecule has 2 aromatic carbocycles. The van der Waals surface area contributed by atoms with Gasteiger partial charge in [0.25, 0.3) is 0 Å². The summed E-state index contributed by atoms with van der Waals surface area (Å²) in [5, 5.41) is 10.1. The Balaban J connectivity index is 1.32. The Bertz CT molecular complexity index is 1120. The topological polar surface area (TPSA) is 74.8 Å². The Morgan fingerprint density at radius 1 is 0.931 bits per heavy atom. The number of anilines is 4. The van der Waals surface area contributed by atoms with Crippen LogP contribution in [-0.4, -0.2) is 28.0 Å². The molecule has 0 spiro atoms. The predicted octanol–water partition coefficient (Wildman–Crippen LogP) is 5.04. The zero-order chi connectivity index (χ0) is 19.5. The van der Waals surface area contributed by atoms with Gasteiger partial charge in [-0.15, -0.1) is 11.3 Å². The first-order valence-corrected chi connectivity index (χ1v) is 10.7. The van der Waals surface area contributed by atoms with E-state index in [2.05, 4.69) is 61.2 Å². The van der Waals surface area contributed by atoms with Crippen molar-refractivity contribution in [1.29, 1.82) is 0 Å². The number of aromatic nitrogens is 3. The Morgan fingerprint density at radius 3 is 2.76 bits per heavy atom. The van der Waals surface area contributed by atoms with Gasteiger partial charge in [-0.3, -0.25) is 0 Å². The Kier molecular flexibility index (Phi) is 5.06. The molecule has 0 unspecified atom stereocenters. The fraction of sp³-hybridized carbons (Fsp3) is 0.227. The standard InChI is InChI=1S/C22H22N6S/c1-2-16(15-6-9-23-10-7-15)12-17(3-1)27-22-24-11-8-21(28-22)26-18-4-5-19-20(13-18)29-14-25-19/h1-5,8,11-15,23H,6-7,9-10H2,(H2,24,26,27,28). The zero-order valence-electron chi connectivity index (χ0n) is 15.9. The number of fused-ring (bicyclic) bond motifs is 1. The third-order valence-corrected chi connectivity index (χ3v) is 6.00. The smallest absolute Gasteiger partial charge is 0.229 e. The van der Waals surface area contributed by atoms with E-state index in [9.17, 15) is 0 Å². The van der Waals surface area contributed by atoms with Gasteiger partial charge in [-0.1, -0.05) is 12.1 Å². The lowest BCUT2D eigenvalue weighted by Crippen LogP contribution is -2.26. The van der Waals surface area contributed by atoms with Gasteiger partial charge in [0.2, 0.25) is 5.95 Å². The maximum atomic E-state index is 4.62. The van der Waals surface area contributed by atoms with E-state index >= 15 is 0 Å². The Morgan fingerprint density at radius 2 is 1.83 bits per heavy atom. The maximum Gasteiger partial charge on any atom is 0.229 e. The second-order valence-electron chi connectivity index (χ2n) is 7.20. The molecule has 1 fully saturated rings.